The first-order valence-electron chi connectivity index (χ1n) is 18.6. The number of para-hydroxylation sites is 2. The minimum absolute atomic E-state index is 0.0658. The van der Waals surface area contributed by atoms with Crippen LogP contribution in [0, 0.1) is 0 Å². The number of benzene rings is 8. The number of thiophene rings is 1. The van der Waals surface area contributed by atoms with Crippen LogP contribution >= 0.6 is 11.3 Å². The van der Waals surface area contributed by atoms with Crippen molar-refractivity contribution in [3.63, 3.8) is 0 Å². The molecule has 0 radical (unpaired) electrons. The van der Waals surface area contributed by atoms with Gasteiger partial charge in [-0.3, -0.25) is 0 Å². The third-order valence-electron chi connectivity index (χ3n) is 11.1. The van der Waals surface area contributed by atoms with Crippen molar-refractivity contribution in [2.45, 2.75) is 19.3 Å². The molecule has 10 rings (SSSR count). The maximum Gasteiger partial charge on any atom is 0.0476 e. The minimum Gasteiger partial charge on any atom is -0.356 e. The van der Waals surface area contributed by atoms with E-state index in [1.165, 1.54) is 70.4 Å². The average molecular weight is 711 g/mol. The maximum absolute atomic E-state index is 3.47. The van der Waals surface area contributed by atoms with Gasteiger partial charge in [-0.1, -0.05) is 129 Å². The Morgan fingerprint density at radius 3 is 1.74 bits per heavy atom. The first-order valence-corrected chi connectivity index (χ1v) is 19.4. The standard InChI is InChI=1S/C51H38N2S/c1-51(2)47-16-10-9-15-43(47)44-28-26-41(32-48(44)51)53(40-13-7-4-8-14-40)42-27-29-45-46-31-37(23-30-49(46)54-50(45)33-42)36-19-17-34(18-20-36)35-21-24-39(25-22-35)52-38-11-5-3-6-12-38/h3-33,52H,1-2H3. The van der Waals surface area contributed by atoms with E-state index in [0.29, 0.717) is 0 Å². The number of hydrogen-bond acceptors (Lipinski definition) is 3. The first-order chi connectivity index (χ1) is 26.5. The van der Waals surface area contributed by atoms with Gasteiger partial charge in [-0.2, -0.15) is 0 Å². The van der Waals surface area contributed by atoms with Crippen molar-refractivity contribution in [3.05, 3.63) is 199 Å². The second-order valence-corrected chi connectivity index (χ2v) is 15.8. The summed E-state index contributed by atoms with van der Waals surface area (Å²) < 4.78 is 2.59. The van der Waals surface area contributed by atoms with Gasteiger partial charge in [-0.15, -0.1) is 11.3 Å². The van der Waals surface area contributed by atoms with E-state index in [0.717, 1.165) is 22.7 Å². The van der Waals surface area contributed by atoms with Crippen molar-refractivity contribution >= 4 is 59.9 Å². The first kappa shape index (κ1) is 32.2. The molecule has 1 aliphatic carbocycles. The fraction of sp³-hybridized carbons (Fsp3) is 0.0588. The molecular weight excluding hydrogens is 673 g/mol. The Labute approximate surface area is 320 Å². The molecule has 1 N–H and O–H groups in total. The van der Waals surface area contributed by atoms with Crippen LogP contribution in [-0.2, 0) is 5.41 Å². The molecule has 0 bridgehead atoms. The zero-order chi connectivity index (χ0) is 36.2. The van der Waals surface area contributed by atoms with E-state index in [1.807, 2.05) is 29.5 Å². The summed E-state index contributed by atoms with van der Waals surface area (Å²) in [5, 5.41) is 6.06. The van der Waals surface area contributed by atoms with Crippen LogP contribution < -0.4 is 10.2 Å². The number of anilines is 5. The molecule has 258 valence electrons. The molecule has 9 aromatic rings. The van der Waals surface area contributed by atoms with Gasteiger partial charge in [0.25, 0.3) is 0 Å². The van der Waals surface area contributed by atoms with E-state index in [1.54, 1.807) is 0 Å². The molecule has 54 heavy (non-hydrogen) atoms. The largest absolute Gasteiger partial charge is 0.356 e. The smallest absolute Gasteiger partial charge is 0.0476 e. The van der Waals surface area contributed by atoms with Gasteiger partial charge >= 0.3 is 0 Å². The van der Waals surface area contributed by atoms with Gasteiger partial charge in [-0.05, 0) is 117 Å². The zero-order valence-corrected chi connectivity index (χ0v) is 31.1. The van der Waals surface area contributed by atoms with Gasteiger partial charge in [0, 0.05) is 54.0 Å². The van der Waals surface area contributed by atoms with Crippen molar-refractivity contribution < 1.29 is 0 Å². The summed E-state index contributed by atoms with van der Waals surface area (Å²) in [6.45, 7) is 4.70. The molecule has 1 heterocycles. The number of fused-ring (bicyclic) bond motifs is 6. The lowest BCUT2D eigenvalue weighted by molar-refractivity contribution is 0.660. The van der Waals surface area contributed by atoms with Gasteiger partial charge in [0.1, 0.15) is 0 Å². The third-order valence-corrected chi connectivity index (χ3v) is 12.2. The lowest BCUT2D eigenvalue weighted by Gasteiger charge is -2.28. The lowest BCUT2D eigenvalue weighted by atomic mass is 9.82. The summed E-state index contributed by atoms with van der Waals surface area (Å²) in [5.41, 5.74) is 15.9. The Morgan fingerprint density at radius 1 is 0.407 bits per heavy atom. The van der Waals surface area contributed by atoms with Gasteiger partial charge < -0.3 is 10.2 Å². The quantitative estimate of drug-likeness (QED) is 0.177. The molecule has 2 nitrogen and oxygen atoms in total. The molecule has 3 heteroatoms. The molecule has 0 saturated carbocycles. The predicted octanol–water partition coefficient (Wildman–Crippen LogP) is 14.9. The summed E-state index contributed by atoms with van der Waals surface area (Å²) in [6, 6.07) is 68.4. The van der Waals surface area contributed by atoms with Gasteiger partial charge in [-0.25, -0.2) is 0 Å². The number of rotatable bonds is 7. The average Bonchev–Trinajstić information content (AvgIpc) is 3.70. The molecule has 0 fully saturated rings. The van der Waals surface area contributed by atoms with E-state index in [4.69, 9.17) is 0 Å². The molecule has 0 saturated heterocycles. The molecular formula is C51H38N2S. The fourth-order valence-electron chi connectivity index (χ4n) is 8.23. The summed E-state index contributed by atoms with van der Waals surface area (Å²) in [6.07, 6.45) is 0. The van der Waals surface area contributed by atoms with Crippen LogP contribution in [0.4, 0.5) is 28.4 Å². The van der Waals surface area contributed by atoms with Crippen molar-refractivity contribution in [2.24, 2.45) is 0 Å². The van der Waals surface area contributed by atoms with E-state index in [-0.39, 0.29) is 5.41 Å². The van der Waals surface area contributed by atoms with E-state index in [2.05, 4.69) is 194 Å². The number of nitrogens with one attached hydrogen (secondary N) is 1. The highest BCUT2D eigenvalue weighted by Crippen LogP contribution is 2.51. The highest BCUT2D eigenvalue weighted by atomic mass is 32.1. The second kappa shape index (κ2) is 12.9. The Bertz CT molecular complexity index is 2800. The molecule has 0 spiro atoms. The highest BCUT2D eigenvalue weighted by molar-refractivity contribution is 7.25. The highest BCUT2D eigenvalue weighted by Gasteiger charge is 2.35. The summed E-state index contributed by atoms with van der Waals surface area (Å²) >= 11 is 1.87. The molecule has 0 amide bonds. The van der Waals surface area contributed by atoms with Crippen LogP contribution in [0.5, 0.6) is 0 Å². The van der Waals surface area contributed by atoms with E-state index in [9.17, 15) is 0 Å². The Balaban J connectivity index is 0.964. The third kappa shape index (κ3) is 5.57. The normalized spacial score (nSPS) is 12.8. The minimum atomic E-state index is -0.0658. The molecule has 1 aliphatic rings. The Kier molecular flexibility index (Phi) is 7.71. The van der Waals surface area contributed by atoms with Gasteiger partial charge in [0.15, 0.2) is 0 Å². The summed E-state index contributed by atoms with van der Waals surface area (Å²) in [5.74, 6) is 0. The molecule has 8 aromatic carbocycles. The summed E-state index contributed by atoms with van der Waals surface area (Å²) in [7, 11) is 0. The van der Waals surface area contributed by atoms with Crippen molar-refractivity contribution in [2.75, 3.05) is 10.2 Å². The van der Waals surface area contributed by atoms with Crippen molar-refractivity contribution in [1.82, 2.24) is 0 Å². The van der Waals surface area contributed by atoms with Crippen molar-refractivity contribution in [3.8, 4) is 33.4 Å². The maximum atomic E-state index is 3.47. The summed E-state index contributed by atoms with van der Waals surface area (Å²) in [4.78, 5) is 2.41. The lowest BCUT2D eigenvalue weighted by Crippen LogP contribution is -2.16. The molecule has 0 atom stereocenters. The van der Waals surface area contributed by atoms with Crippen LogP contribution in [-0.4, -0.2) is 0 Å². The van der Waals surface area contributed by atoms with Gasteiger partial charge in [0.05, 0.1) is 0 Å². The Hall–Kier alpha value is -6.42. The van der Waals surface area contributed by atoms with E-state index >= 15 is 0 Å². The molecule has 0 aliphatic heterocycles. The predicted molar refractivity (Wildman–Crippen MR) is 232 cm³/mol. The topological polar surface area (TPSA) is 15.3 Å². The monoisotopic (exact) mass is 710 g/mol. The van der Waals surface area contributed by atoms with E-state index < -0.39 is 0 Å². The van der Waals surface area contributed by atoms with Crippen LogP contribution in [0.3, 0.4) is 0 Å². The van der Waals surface area contributed by atoms with Gasteiger partial charge in [0.2, 0.25) is 0 Å². The van der Waals surface area contributed by atoms with Crippen LogP contribution in [0.2, 0.25) is 0 Å². The molecule has 1 aromatic heterocycles. The number of hydrogen-bond donors (Lipinski definition) is 1. The zero-order valence-electron chi connectivity index (χ0n) is 30.3. The SMILES string of the molecule is CC1(C)c2ccccc2-c2ccc(N(c3ccccc3)c3ccc4c(c3)sc3ccc(-c5ccc(-c6ccc(Nc7ccccc7)cc6)cc5)cc34)cc21. The number of nitrogens with zero attached hydrogens (tertiary/aromatic N) is 1. The fourth-order valence-corrected chi connectivity index (χ4v) is 9.35. The molecule has 0 unspecified atom stereocenters. The van der Waals surface area contributed by atoms with Crippen molar-refractivity contribution in [1.29, 1.82) is 0 Å². The second-order valence-electron chi connectivity index (χ2n) is 14.7. The Morgan fingerprint density at radius 2 is 0.981 bits per heavy atom. The van der Waals surface area contributed by atoms with Crippen LogP contribution in [0.1, 0.15) is 25.0 Å². The van der Waals surface area contributed by atoms with Crippen LogP contribution in [0.15, 0.2) is 188 Å². The van der Waals surface area contributed by atoms with Crippen LogP contribution in [0.25, 0.3) is 53.6 Å².